The molecule has 7 N–H and O–H groups in total. The van der Waals surface area contributed by atoms with Crippen molar-refractivity contribution in [2.75, 3.05) is 18.9 Å². The van der Waals surface area contributed by atoms with Gasteiger partial charge in [-0.1, -0.05) is 44.9 Å². The number of esters is 1. The molecule has 0 saturated carbocycles. The highest BCUT2D eigenvalue weighted by Crippen LogP contribution is 2.47. The Balaban J connectivity index is 0.000000753. The maximum atomic E-state index is 13.9. The summed E-state index contributed by atoms with van der Waals surface area (Å²) in [5.41, 5.74) is 4.28. The molecule has 270 valence electrons. The van der Waals surface area contributed by atoms with Crippen LogP contribution in [0.2, 0.25) is 0 Å². The number of rotatable bonds is 15. The number of nitriles is 1. The summed E-state index contributed by atoms with van der Waals surface area (Å²) in [6.07, 6.45) is -0.753. The number of para-hydroxylation sites is 1. The Hall–Kier alpha value is -4.89. The van der Waals surface area contributed by atoms with Crippen LogP contribution in [0.5, 0.6) is 5.75 Å². The summed E-state index contributed by atoms with van der Waals surface area (Å²) in [5.74, 6) is -2.66. The van der Waals surface area contributed by atoms with Crippen LogP contribution in [0.15, 0.2) is 60.9 Å². The molecule has 0 bridgehead atoms. The van der Waals surface area contributed by atoms with E-state index < -0.39 is 62.2 Å². The Labute approximate surface area is 286 Å². The quantitative estimate of drug-likeness (QED) is 0.0744. The largest absolute Gasteiger partial charge is 0.478 e. The van der Waals surface area contributed by atoms with Crippen molar-refractivity contribution in [3.8, 4) is 11.8 Å². The molecule has 3 heterocycles. The molecule has 6 atom stereocenters. The van der Waals surface area contributed by atoms with E-state index in [-0.39, 0.29) is 29.8 Å². The number of carbonyl (C=O) groups excluding carboxylic acids is 1. The molecule has 18 nitrogen and oxygen atoms in total. The zero-order chi connectivity index (χ0) is 37.1. The molecule has 2 aromatic heterocycles. The second-order valence-corrected chi connectivity index (χ2v) is 12.7. The van der Waals surface area contributed by atoms with Crippen molar-refractivity contribution < 1.29 is 57.9 Å². The predicted molar refractivity (Wildman–Crippen MR) is 174 cm³/mol. The summed E-state index contributed by atoms with van der Waals surface area (Å²) < 4.78 is 37.8. The van der Waals surface area contributed by atoms with E-state index in [1.807, 2.05) is 19.9 Å². The lowest BCUT2D eigenvalue weighted by atomic mass is 9.92. The van der Waals surface area contributed by atoms with Gasteiger partial charge in [-0.25, -0.2) is 23.7 Å². The fourth-order valence-electron chi connectivity index (χ4n) is 4.71. The summed E-state index contributed by atoms with van der Waals surface area (Å²) in [5, 5.41) is 54.3. The van der Waals surface area contributed by atoms with Gasteiger partial charge in [0.15, 0.2) is 5.82 Å². The van der Waals surface area contributed by atoms with Gasteiger partial charge in [-0.2, -0.15) is 15.4 Å². The standard InChI is InChI=1S/C27H35N6O8P.C4H4O4/c1-4-18(5-2)13-38-26(36)17(3)32-42(37,41-19-9-7-6-8-10-19)39-14-21-23(34)24(35)27(15-28,40-21)22-12-11-20-25(29)30-16-31-33(20)22;5-3(6)1-2-4(7)8/h6-12,16-18,21,23-24,34-35H,4-5,13-14H2,1-3H3,(H,32,37)(H2,29,30,31);1-2H,(H,5,6)(H,7,8)/b;2-1-/t17-,21+,23+,24+,27-,42-;/m0./s1. The minimum Gasteiger partial charge on any atom is -0.478 e. The number of nitrogens with one attached hydrogen (secondary N) is 1. The molecular formula is C31H39N6O12P. The first-order valence-electron chi connectivity index (χ1n) is 15.3. The number of nitrogens with two attached hydrogens (primary N) is 1. The predicted octanol–water partition coefficient (Wildman–Crippen LogP) is 2.02. The number of nitrogens with zero attached hydrogens (tertiary/aromatic N) is 4. The summed E-state index contributed by atoms with van der Waals surface area (Å²) in [7, 11) is -4.32. The second kappa shape index (κ2) is 17.7. The number of carboxylic acid groups (broad SMARTS) is 2. The van der Waals surface area contributed by atoms with Crippen LogP contribution in [0.1, 0.15) is 39.3 Å². The minimum atomic E-state index is -4.32. The molecule has 0 aliphatic carbocycles. The lowest BCUT2D eigenvalue weighted by molar-refractivity contribution is -0.146. The smallest absolute Gasteiger partial charge is 0.459 e. The Morgan fingerprint density at radius 1 is 1.14 bits per heavy atom. The summed E-state index contributed by atoms with van der Waals surface area (Å²) in [6.45, 7) is 5.08. The number of hydrogen-bond donors (Lipinski definition) is 6. The van der Waals surface area contributed by atoms with Gasteiger partial charge in [0.1, 0.15) is 48.0 Å². The number of anilines is 1. The van der Waals surface area contributed by atoms with Gasteiger partial charge in [0.25, 0.3) is 0 Å². The molecule has 0 spiro atoms. The van der Waals surface area contributed by atoms with Crippen LogP contribution in [0.25, 0.3) is 5.52 Å². The van der Waals surface area contributed by atoms with Gasteiger partial charge in [-0.15, -0.1) is 0 Å². The Morgan fingerprint density at radius 3 is 2.36 bits per heavy atom. The number of ether oxygens (including phenoxy) is 2. The van der Waals surface area contributed by atoms with Crippen molar-refractivity contribution in [1.29, 1.82) is 5.26 Å². The van der Waals surface area contributed by atoms with Crippen LogP contribution in [0.4, 0.5) is 5.82 Å². The summed E-state index contributed by atoms with van der Waals surface area (Å²) >= 11 is 0. The number of aromatic nitrogens is 3. The normalized spacial score (nSPS) is 21.9. The first-order chi connectivity index (χ1) is 23.7. The highest BCUT2D eigenvalue weighted by Gasteiger charge is 2.58. The number of aliphatic hydroxyl groups excluding tert-OH is 2. The van der Waals surface area contributed by atoms with Crippen molar-refractivity contribution in [2.24, 2.45) is 5.92 Å². The molecule has 0 amide bonds. The summed E-state index contributed by atoms with van der Waals surface area (Å²) in [4.78, 5) is 35.7. The van der Waals surface area contributed by atoms with Crippen molar-refractivity contribution in [1.82, 2.24) is 19.7 Å². The maximum Gasteiger partial charge on any atom is 0.459 e. The SMILES string of the molecule is CCC(CC)COC(=O)[C@H](C)N[P@](=O)(OC[C@H]1O[C@@](C#N)(c2ccc3c(N)ncnn23)[C@H](O)[C@@H]1O)Oc1ccccc1.O=C(O)/C=C\C(=O)O. The topological polar surface area (TPSA) is 278 Å². The van der Waals surface area contributed by atoms with Crippen molar-refractivity contribution >= 4 is 37.0 Å². The molecule has 19 heteroatoms. The monoisotopic (exact) mass is 718 g/mol. The van der Waals surface area contributed by atoms with E-state index in [4.69, 9.17) is 34.5 Å². The molecule has 3 aromatic rings. The number of benzene rings is 1. The number of hydrogen-bond acceptors (Lipinski definition) is 14. The van der Waals surface area contributed by atoms with Crippen LogP contribution >= 0.6 is 7.75 Å². The van der Waals surface area contributed by atoms with Crippen LogP contribution in [-0.2, 0) is 38.5 Å². The number of aliphatic carboxylic acids is 2. The number of carboxylic acids is 2. The average molecular weight is 719 g/mol. The van der Waals surface area contributed by atoms with Crippen LogP contribution in [0.3, 0.4) is 0 Å². The second-order valence-electron chi connectivity index (χ2n) is 11.0. The molecular weight excluding hydrogens is 679 g/mol. The van der Waals surface area contributed by atoms with E-state index in [1.54, 1.807) is 36.4 Å². The van der Waals surface area contributed by atoms with Gasteiger partial charge in [-0.3, -0.25) is 9.32 Å². The van der Waals surface area contributed by atoms with E-state index in [9.17, 15) is 34.4 Å². The molecule has 1 aromatic carbocycles. The molecule has 1 fully saturated rings. The highest BCUT2D eigenvalue weighted by molar-refractivity contribution is 7.52. The third-order valence-electron chi connectivity index (χ3n) is 7.55. The lowest BCUT2D eigenvalue weighted by Gasteiger charge is -2.25. The number of aliphatic hydroxyl groups is 2. The van der Waals surface area contributed by atoms with Crippen molar-refractivity contribution in [3.63, 3.8) is 0 Å². The number of carbonyl (C=O) groups is 3. The summed E-state index contributed by atoms with van der Waals surface area (Å²) in [6, 6.07) is 12.0. The molecule has 0 radical (unpaired) electrons. The first kappa shape index (κ1) is 39.5. The minimum absolute atomic E-state index is 0.0961. The van der Waals surface area contributed by atoms with Gasteiger partial charge in [0, 0.05) is 12.2 Å². The van der Waals surface area contributed by atoms with Crippen LogP contribution < -0.4 is 15.3 Å². The van der Waals surface area contributed by atoms with E-state index in [0.717, 1.165) is 12.8 Å². The fraction of sp³-hybridized carbons (Fsp3) is 0.419. The lowest BCUT2D eigenvalue weighted by Crippen LogP contribution is -2.41. The Morgan fingerprint density at radius 2 is 1.78 bits per heavy atom. The third-order valence-corrected chi connectivity index (χ3v) is 9.20. The average Bonchev–Trinajstić information content (AvgIpc) is 3.64. The molecule has 1 saturated heterocycles. The zero-order valence-corrected chi connectivity index (χ0v) is 28.3. The molecule has 50 heavy (non-hydrogen) atoms. The van der Waals surface area contributed by atoms with E-state index in [2.05, 4.69) is 15.2 Å². The van der Waals surface area contributed by atoms with Crippen molar-refractivity contribution in [3.05, 3.63) is 66.6 Å². The molecule has 1 aliphatic rings. The third kappa shape index (κ3) is 9.85. The zero-order valence-electron chi connectivity index (χ0n) is 27.4. The van der Waals surface area contributed by atoms with Crippen LogP contribution in [-0.4, -0.2) is 90.5 Å². The van der Waals surface area contributed by atoms with Gasteiger partial charge in [0.05, 0.1) is 18.9 Å². The number of fused-ring (bicyclic) bond motifs is 1. The van der Waals surface area contributed by atoms with Gasteiger partial charge >= 0.3 is 25.7 Å². The van der Waals surface area contributed by atoms with E-state index in [0.29, 0.717) is 17.7 Å². The van der Waals surface area contributed by atoms with Gasteiger partial charge < -0.3 is 40.2 Å². The van der Waals surface area contributed by atoms with E-state index in [1.165, 1.54) is 23.8 Å². The fourth-order valence-corrected chi connectivity index (χ4v) is 6.22. The molecule has 4 rings (SSSR count). The van der Waals surface area contributed by atoms with E-state index >= 15 is 0 Å². The van der Waals surface area contributed by atoms with Gasteiger partial charge in [0.2, 0.25) is 5.60 Å². The Kier molecular flexibility index (Phi) is 14.0. The highest BCUT2D eigenvalue weighted by atomic mass is 31.2. The number of nitrogen functional groups attached to an aromatic ring is 1. The maximum absolute atomic E-state index is 13.9. The van der Waals surface area contributed by atoms with Crippen LogP contribution in [0, 0.1) is 17.2 Å². The Bertz CT molecular complexity index is 1730. The molecule has 0 unspecified atom stereocenters. The molecule has 1 aliphatic heterocycles. The van der Waals surface area contributed by atoms with Crippen molar-refractivity contribution in [2.45, 2.75) is 63.6 Å². The first-order valence-corrected chi connectivity index (χ1v) is 16.9. The van der Waals surface area contributed by atoms with Gasteiger partial charge in [-0.05, 0) is 37.1 Å².